The van der Waals surface area contributed by atoms with Crippen molar-refractivity contribution in [2.45, 2.75) is 83.2 Å². The van der Waals surface area contributed by atoms with Crippen molar-refractivity contribution in [1.29, 1.82) is 0 Å². The van der Waals surface area contributed by atoms with Crippen molar-refractivity contribution < 1.29 is 39.5 Å². The van der Waals surface area contributed by atoms with Gasteiger partial charge < -0.3 is 29.2 Å². The molecular weight excluding hydrogens is 289 g/mol. The Morgan fingerprint density at radius 3 is 1.55 bits per heavy atom. The van der Waals surface area contributed by atoms with Crippen molar-refractivity contribution in [3.05, 3.63) is 6.92 Å². The first-order valence-electron chi connectivity index (χ1n) is 8.18. The van der Waals surface area contributed by atoms with Crippen LogP contribution in [-0.4, -0.2) is 23.3 Å². The summed E-state index contributed by atoms with van der Waals surface area (Å²) < 4.78 is 0. The van der Waals surface area contributed by atoms with Crippen LogP contribution in [0.25, 0.3) is 0 Å². The molecule has 0 aliphatic carbocycles. The second-order valence-corrected chi connectivity index (χ2v) is 5.76. The third-order valence-electron chi connectivity index (χ3n) is 3.17. The van der Waals surface area contributed by atoms with E-state index in [0.29, 0.717) is 0 Å². The van der Waals surface area contributed by atoms with Gasteiger partial charge in [0.05, 0.1) is 6.54 Å². The zero-order valence-corrected chi connectivity index (χ0v) is 16.8. The fourth-order valence-electron chi connectivity index (χ4n) is 1.94. The average Bonchev–Trinajstić information content (AvgIpc) is 2.40. The van der Waals surface area contributed by atoms with Crippen LogP contribution in [0, 0.1) is 6.92 Å². The molecule has 0 heterocycles. The van der Waals surface area contributed by atoms with E-state index in [2.05, 4.69) is 19.6 Å². The molecule has 0 saturated carbocycles. The van der Waals surface area contributed by atoms with E-state index in [1.54, 1.807) is 0 Å². The Morgan fingerprint density at radius 1 is 0.955 bits per heavy atom. The fraction of sp³-hybridized carbons (Fsp3) is 0.875. The quantitative estimate of drug-likeness (QED) is 0.171. The van der Waals surface area contributed by atoms with Crippen LogP contribution in [0.4, 0.5) is 0 Å². The maximum Gasteiger partial charge on any atom is 1.00 e. The molecule has 0 spiro atoms. The number of aliphatic carboxylic acids is 1. The van der Waals surface area contributed by atoms with Crippen LogP contribution in [-0.2, 0) is 4.79 Å². The van der Waals surface area contributed by atoms with E-state index in [1.807, 2.05) is 0 Å². The molecule has 7 N–H and O–H groups in total. The van der Waals surface area contributed by atoms with Crippen LogP contribution in [0.1, 0.15) is 77.6 Å². The van der Waals surface area contributed by atoms with Gasteiger partial charge in [-0.1, -0.05) is 83.2 Å². The summed E-state index contributed by atoms with van der Waals surface area (Å²) in [5.41, 5.74) is 15.1. The molecule has 5 nitrogen and oxygen atoms in total. The summed E-state index contributed by atoms with van der Waals surface area (Å²) in [5, 5.41) is 7.60. The first-order valence-corrected chi connectivity index (χ1v) is 8.18. The van der Waals surface area contributed by atoms with Gasteiger partial charge in [0, 0.05) is 0 Å². The molecule has 0 fully saturated rings. The molecule has 0 radical (unpaired) electrons. The van der Waals surface area contributed by atoms with Gasteiger partial charge in [-0.3, -0.25) is 4.79 Å². The average molecular weight is 325 g/mol. The topological polar surface area (TPSA) is 115 Å². The Morgan fingerprint density at radius 2 is 1.27 bits per heavy atom. The standard InChI is InChI=1S/C14H31N2.C2H5NO2.Na/c1-3-4-5-6-7-8-9-10-11-12-13-14(2,15)16;3-1-2(4)5;/h2-13,15-16H2,1H3;1,3H2,(H,4,5);/q-1;;+1. The Hall–Kier alpha value is 0.350. The number of rotatable bonds is 12. The minimum atomic E-state index is -0.968. The molecule has 0 amide bonds. The zero-order chi connectivity index (χ0) is 16.6. The van der Waals surface area contributed by atoms with Crippen LogP contribution in [0.3, 0.4) is 0 Å². The number of carbonyl (C=O) groups is 1. The molecule has 0 aromatic rings. The SMILES string of the molecule is NCC(=O)O.[CH2-]C(N)(N)CCCCCCCCCCCC.[Na+]. The van der Waals surface area contributed by atoms with Crippen LogP contribution in [0.2, 0.25) is 0 Å². The molecule has 0 aliphatic rings. The second kappa shape index (κ2) is 19.4. The fourth-order valence-corrected chi connectivity index (χ4v) is 1.94. The number of hydrogen-bond donors (Lipinski definition) is 4. The molecule has 0 aromatic heterocycles. The summed E-state index contributed by atoms with van der Waals surface area (Å²) >= 11 is 0. The number of carboxylic acids is 1. The van der Waals surface area contributed by atoms with Gasteiger partial charge in [0.15, 0.2) is 0 Å². The molecule has 0 atom stereocenters. The maximum absolute atomic E-state index is 9.24. The minimum Gasteiger partial charge on any atom is -0.480 e. The molecule has 0 rings (SSSR count). The van der Waals surface area contributed by atoms with Gasteiger partial charge in [0.25, 0.3) is 0 Å². The summed E-state index contributed by atoms with van der Waals surface area (Å²) in [7, 11) is 0. The molecule has 0 aliphatic heterocycles. The van der Waals surface area contributed by atoms with Crippen LogP contribution >= 0.6 is 0 Å². The molecule has 0 bridgehead atoms. The Balaban J connectivity index is -0.000000520. The molecule has 22 heavy (non-hydrogen) atoms. The number of nitrogens with two attached hydrogens (primary N) is 3. The minimum absolute atomic E-state index is 0. The van der Waals surface area contributed by atoms with Gasteiger partial charge in [-0.05, 0) is 0 Å². The normalized spacial score (nSPS) is 10.4. The molecule has 0 unspecified atom stereocenters. The van der Waals surface area contributed by atoms with Crippen LogP contribution in [0.5, 0.6) is 0 Å². The summed E-state index contributed by atoms with van der Waals surface area (Å²) in [6, 6.07) is 0. The van der Waals surface area contributed by atoms with E-state index in [9.17, 15) is 4.79 Å². The third kappa shape index (κ3) is 32.3. The van der Waals surface area contributed by atoms with E-state index in [4.69, 9.17) is 16.6 Å². The molecular formula is C16H36N3NaO2. The summed E-state index contributed by atoms with van der Waals surface area (Å²) in [6.45, 7) is 5.69. The van der Waals surface area contributed by atoms with E-state index in [-0.39, 0.29) is 36.1 Å². The van der Waals surface area contributed by atoms with Crippen molar-refractivity contribution in [1.82, 2.24) is 0 Å². The first kappa shape index (κ1) is 27.2. The summed E-state index contributed by atoms with van der Waals surface area (Å²) in [6.07, 6.45) is 14.3. The predicted molar refractivity (Wildman–Crippen MR) is 89.6 cm³/mol. The summed E-state index contributed by atoms with van der Waals surface area (Å²) in [5.74, 6) is -0.968. The smallest absolute Gasteiger partial charge is 0.480 e. The predicted octanol–water partition coefficient (Wildman–Crippen LogP) is -0.221. The first-order chi connectivity index (χ1) is 9.83. The van der Waals surface area contributed by atoms with Gasteiger partial charge in [-0.15, -0.1) is 0 Å². The van der Waals surface area contributed by atoms with Gasteiger partial charge in [0.2, 0.25) is 0 Å². The van der Waals surface area contributed by atoms with Crippen LogP contribution in [0.15, 0.2) is 0 Å². The van der Waals surface area contributed by atoms with Gasteiger partial charge in [0.1, 0.15) is 0 Å². The largest absolute Gasteiger partial charge is 1.00 e. The van der Waals surface area contributed by atoms with Crippen molar-refractivity contribution in [3.8, 4) is 0 Å². The Bertz CT molecular complexity index is 234. The van der Waals surface area contributed by atoms with Crippen molar-refractivity contribution in [2.75, 3.05) is 6.54 Å². The molecule has 128 valence electrons. The maximum atomic E-state index is 9.24. The van der Waals surface area contributed by atoms with E-state index >= 15 is 0 Å². The number of carboxylic acid groups (broad SMARTS) is 1. The van der Waals surface area contributed by atoms with Gasteiger partial charge >= 0.3 is 35.5 Å². The molecule has 0 saturated heterocycles. The van der Waals surface area contributed by atoms with E-state index in [1.165, 1.54) is 57.8 Å². The van der Waals surface area contributed by atoms with Crippen molar-refractivity contribution in [3.63, 3.8) is 0 Å². The van der Waals surface area contributed by atoms with Gasteiger partial charge in [-0.25, -0.2) is 0 Å². The molecule has 0 aromatic carbocycles. The van der Waals surface area contributed by atoms with Crippen molar-refractivity contribution >= 4 is 5.97 Å². The van der Waals surface area contributed by atoms with E-state index in [0.717, 1.165) is 12.8 Å². The Labute approximate surface area is 159 Å². The van der Waals surface area contributed by atoms with Crippen molar-refractivity contribution in [2.24, 2.45) is 17.2 Å². The third-order valence-corrected chi connectivity index (χ3v) is 3.17. The zero-order valence-electron chi connectivity index (χ0n) is 14.8. The van der Waals surface area contributed by atoms with E-state index < -0.39 is 11.6 Å². The summed E-state index contributed by atoms with van der Waals surface area (Å²) in [4.78, 5) is 9.24. The Kier molecular flexibility index (Phi) is 24.0. The molecule has 6 heteroatoms. The monoisotopic (exact) mass is 325 g/mol. The second-order valence-electron chi connectivity index (χ2n) is 5.76. The number of hydrogen-bond acceptors (Lipinski definition) is 4. The number of unbranched alkanes of at least 4 members (excludes halogenated alkanes) is 9. The van der Waals surface area contributed by atoms with Crippen LogP contribution < -0.4 is 46.8 Å². The van der Waals surface area contributed by atoms with Gasteiger partial charge in [-0.2, -0.15) is 0 Å².